The van der Waals surface area contributed by atoms with Gasteiger partial charge in [0.25, 0.3) is 0 Å². The predicted molar refractivity (Wildman–Crippen MR) is 69.9 cm³/mol. The Hall–Kier alpha value is -0.100. The molecule has 1 saturated heterocycles. The molecule has 0 aromatic heterocycles. The molecule has 1 aliphatic heterocycles. The number of halogens is 1. The fourth-order valence-corrected chi connectivity index (χ4v) is 4.76. The van der Waals surface area contributed by atoms with E-state index >= 15 is 0 Å². The molecule has 17 heavy (non-hydrogen) atoms. The van der Waals surface area contributed by atoms with Crippen LogP contribution in [0.15, 0.2) is 0 Å². The summed E-state index contributed by atoms with van der Waals surface area (Å²) in [4.78, 5) is 11.9. The zero-order chi connectivity index (χ0) is 12.5. The van der Waals surface area contributed by atoms with Crippen molar-refractivity contribution in [2.24, 2.45) is 5.41 Å². The van der Waals surface area contributed by atoms with Crippen LogP contribution >= 0.6 is 15.9 Å². The summed E-state index contributed by atoms with van der Waals surface area (Å²) >= 11 is 3.43. The molecule has 2 fully saturated rings. The van der Waals surface area contributed by atoms with Gasteiger partial charge in [-0.15, -0.1) is 0 Å². The minimum atomic E-state index is -3.20. The van der Waals surface area contributed by atoms with Crippen molar-refractivity contribution in [3.63, 3.8) is 0 Å². The number of nitrogens with one attached hydrogen (secondary N) is 1. The van der Waals surface area contributed by atoms with Crippen molar-refractivity contribution >= 4 is 31.7 Å². The van der Waals surface area contributed by atoms with E-state index < -0.39 is 15.1 Å². The lowest BCUT2D eigenvalue weighted by molar-refractivity contribution is -0.121. The molecule has 0 spiro atoms. The number of sulfone groups is 1. The maximum absolute atomic E-state index is 11.9. The summed E-state index contributed by atoms with van der Waals surface area (Å²) in [7, 11) is -3.20. The second-order valence-electron chi connectivity index (χ2n) is 5.20. The summed E-state index contributed by atoms with van der Waals surface area (Å²) in [6.07, 6.45) is 4.22. The molecule has 2 aliphatic rings. The SMILES string of the molecule is O=C(NCC1(CBr)CC1)C1CCCCS1(=O)=O. The van der Waals surface area contributed by atoms with Crippen LogP contribution < -0.4 is 5.32 Å². The molecule has 1 heterocycles. The Morgan fingerprint density at radius 3 is 2.59 bits per heavy atom. The lowest BCUT2D eigenvalue weighted by Gasteiger charge is -2.22. The fraction of sp³-hybridized carbons (Fsp3) is 0.909. The number of carbonyl (C=O) groups is 1. The highest BCUT2D eigenvalue weighted by atomic mass is 79.9. The lowest BCUT2D eigenvalue weighted by Crippen LogP contribution is -2.44. The van der Waals surface area contributed by atoms with E-state index in [1.807, 2.05) is 0 Å². The standard InChI is InChI=1S/C11H18BrNO3S/c12-7-11(4-5-11)8-13-10(14)9-3-1-2-6-17(9,15)16/h9H,1-8H2,(H,13,14). The Labute approximate surface area is 111 Å². The second-order valence-corrected chi connectivity index (χ2v) is 8.07. The average Bonchev–Trinajstić information content (AvgIpc) is 3.06. The second kappa shape index (κ2) is 4.88. The highest BCUT2D eigenvalue weighted by Gasteiger charge is 2.43. The summed E-state index contributed by atoms with van der Waals surface area (Å²) in [6, 6.07) is 0. The van der Waals surface area contributed by atoms with E-state index in [0.29, 0.717) is 19.4 Å². The van der Waals surface area contributed by atoms with E-state index in [2.05, 4.69) is 21.2 Å². The van der Waals surface area contributed by atoms with Crippen LogP contribution in [0.5, 0.6) is 0 Å². The maximum atomic E-state index is 11.9. The van der Waals surface area contributed by atoms with Crippen LogP contribution in [0, 0.1) is 5.41 Å². The largest absolute Gasteiger partial charge is 0.354 e. The van der Waals surface area contributed by atoms with Gasteiger partial charge in [0.05, 0.1) is 5.75 Å². The van der Waals surface area contributed by atoms with Crippen LogP contribution in [0.25, 0.3) is 0 Å². The third-order valence-electron chi connectivity index (χ3n) is 3.75. The van der Waals surface area contributed by atoms with Gasteiger partial charge in [0, 0.05) is 11.9 Å². The maximum Gasteiger partial charge on any atom is 0.238 e. The van der Waals surface area contributed by atoms with Crippen molar-refractivity contribution in [2.75, 3.05) is 17.6 Å². The molecule has 0 aromatic carbocycles. The van der Waals surface area contributed by atoms with Crippen molar-refractivity contribution in [3.05, 3.63) is 0 Å². The van der Waals surface area contributed by atoms with Crippen LogP contribution in [0.4, 0.5) is 0 Å². The van der Waals surface area contributed by atoms with Gasteiger partial charge in [-0.25, -0.2) is 8.42 Å². The molecular formula is C11H18BrNO3S. The number of alkyl halides is 1. The third kappa shape index (κ3) is 3.02. The molecule has 1 aliphatic carbocycles. The van der Waals surface area contributed by atoms with Crippen LogP contribution in [0.2, 0.25) is 0 Å². The average molecular weight is 324 g/mol. The molecule has 1 atom stereocenters. The van der Waals surface area contributed by atoms with Crippen molar-refractivity contribution in [3.8, 4) is 0 Å². The fourth-order valence-electron chi connectivity index (χ4n) is 2.17. The van der Waals surface area contributed by atoms with E-state index in [4.69, 9.17) is 0 Å². The number of carbonyl (C=O) groups excluding carboxylic acids is 1. The summed E-state index contributed by atoms with van der Waals surface area (Å²) in [5.74, 6) is -0.133. The van der Waals surface area contributed by atoms with Crippen LogP contribution in [0.1, 0.15) is 32.1 Å². The van der Waals surface area contributed by atoms with Gasteiger partial charge in [-0.1, -0.05) is 22.4 Å². The molecule has 2 rings (SSSR count). The quantitative estimate of drug-likeness (QED) is 0.792. The topological polar surface area (TPSA) is 63.2 Å². The van der Waals surface area contributed by atoms with E-state index in [9.17, 15) is 13.2 Å². The first kappa shape index (κ1) is 13.3. The summed E-state index contributed by atoms with van der Waals surface area (Å²) in [6.45, 7) is 0.600. The number of amides is 1. The van der Waals surface area contributed by atoms with E-state index in [-0.39, 0.29) is 17.1 Å². The van der Waals surface area contributed by atoms with Crippen molar-refractivity contribution in [1.29, 1.82) is 0 Å². The molecule has 98 valence electrons. The lowest BCUT2D eigenvalue weighted by atomic mass is 10.1. The highest BCUT2D eigenvalue weighted by Crippen LogP contribution is 2.46. The monoisotopic (exact) mass is 323 g/mol. The highest BCUT2D eigenvalue weighted by molar-refractivity contribution is 9.09. The molecule has 6 heteroatoms. The number of rotatable bonds is 4. The number of hydrogen-bond acceptors (Lipinski definition) is 3. The Morgan fingerprint density at radius 1 is 1.35 bits per heavy atom. The van der Waals surface area contributed by atoms with Crippen molar-refractivity contribution in [2.45, 2.75) is 37.4 Å². The molecule has 1 unspecified atom stereocenters. The molecule has 4 nitrogen and oxygen atoms in total. The molecular weight excluding hydrogens is 306 g/mol. The minimum absolute atomic E-state index is 0.161. The Kier molecular flexibility index (Phi) is 3.83. The van der Waals surface area contributed by atoms with E-state index in [0.717, 1.165) is 24.6 Å². The molecule has 1 N–H and O–H groups in total. The Bertz CT molecular complexity index is 403. The number of hydrogen-bond donors (Lipinski definition) is 1. The minimum Gasteiger partial charge on any atom is -0.354 e. The summed E-state index contributed by atoms with van der Waals surface area (Å²) in [5.41, 5.74) is 0.189. The van der Waals surface area contributed by atoms with Gasteiger partial charge >= 0.3 is 0 Å². The zero-order valence-corrected chi connectivity index (χ0v) is 12.1. The van der Waals surface area contributed by atoms with E-state index in [1.165, 1.54) is 0 Å². The Balaban J connectivity index is 1.91. The van der Waals surface area contributed by atoms with Gasteiger partial charge < -0.3 is 5.32 Å². The molecule has 0 bridgehead atoms. The van der Waals surface area contributed by atoms with Gasteiger partial charge in [0.2, 0.25) is 5.91 Å². The van der Waals surface area contributed by atoms with Gasteiger partial charge in [-0.05, 0) is 31.1 Å². The summed E-state index contributed by atoms with van der Waals surface area (Å²) < 4.78 is 23.5. The smallest absolute Gasteiger partial charge is 0.238 e. The third-order valence-corrected chi connectivity index (χ3v) is 7.11. The Morgan fingerprint density at radius 2 is 2.06 bits per heavy atom. The van der Waals surface area contributed by atoms with Gasteiger partial charge in [0.1, 0.15) is 5.25 Å². The normalized spacial score (nSPS) is 29.6. The van der Waals surface area contributed by atoms with Crippen LogP contribution in [0.3, 0.4) is 0 Å². The van der Waals surface area contributed by atoms with Gasteiger partial charge in [-0.2, -0.15) is 0 Å². The van der Waals surface area contributed by atoms with Crippen LogP contribution in [-0.4, -0.2) is 37.2 Å². The zero-order valence-electron chi connectivity index (χ0n) is 9.75. The molecule has 0 aromatic rings. The predicted octanol–water partition coefficient (Wildman–Crippen LogP) is 1.24. The van der Waals surface area contributed by atoms with Gasteiger partial charge in [0.15, 0.2) is 9.84 Å². The first-order valence-corrected chi connectivity index (χ1v) is 8.88. The van der Waals surface area contributed by atoms with Crippen LogP contribution in [-0.2, 0) is 14.6 Å². The van der Waals surface area contributed by atoms with Gasteiger partial charge in [-0.3, -0.25) is 4.79 Å². The first-order chi connectivity index (χ1) is 7.99. The van der Waals surface area contributed by atoms with Crippen molar-refractivity contribution < 1.29 is 13.2 Å². The summed E-state index contributed by atoms with van der Waals surface area (Å²) in [5, 5.41) is 2.88. The molecule has 1 amide bonds. The molecule has 1 saturated carbocycles. The van der Waals surface area contributed by atoms with E-state index in [1.54, 1.807) is 0 Å². The molecule has 0 radical (unpaired) electrons. The van der Waals surface area contributed by atoms with Crippen molar-refractivity contribution in [1.82, 2.24) is 5.32 Å². The first-order valence-electron chi connectivity index (χ1n) is 6.04.